The van der Waals surface area contributed by atoms with Gasteiger partial charge in [-0.1, -0.05) is 107 Å². The summed E-state index contributed by atoms with van der Waals surface area (Å²) >= 11 is 0. The first-order valence-corrected chi connectivity index (χ1v) is 9.97. The van der Waals surface area contributed by atoms with Crippen LogP contribution >= 0.6 is 0 Å². The Morgan fingerprint density at radius 3 is 1.55 bits per heavy atom. The van der Waals surface area contributed by atoms with Gasteiger partial charge >= 0.3 is 0 Å². The Morgan fingerprint density at radius 1 is 0.636 bits per heavy atom. The molecule has 1 aromatic rings. The van der Waals surface area contributed by atoms with Gasteiger partial charge in [-0.05, 0) is 29.7 Å². The van der Waals surface area contributed by atoms with Gasteiger partial charge in [-0.3, -0.25) is 0 Å². The van der Waals surface area contributed by atoms with Gasteiger partial charge in [-0.25, -0.2) is 0 Å². The van der Waals surface area contributed by atoms with E-state index in [0.717, 1.165) is 17.8 Å². The Labute approximate surface area is 137 Å². The van der Waals surface area contributed by atoms with Gasteiger partial charge < -0.3 is 0 Å². The van der Waals surface area contributed by atoms with Crippen molar-refractivity contribution >= 4 is 0 Å². The van der Waals surface area contributed by atoms with E-state index in [1.54, 1.807) is 5.56 Å². The van der Waals surface area contributed by atoms with Crippen LogP contribution in [0.4, 0.5) is 0 Å². The molecule has 1 aromatic carbocycles. The number of hydrogen-bond donors (Lipinski definition) is 0. The maximum atomic E-state index is 2.36. The van der Waals surface area contributed by atoms with Gasteiger partial charge in [0.2, 0.25) is 0 Å². The summed E-state index contributed by atoms with van der Waals surface area (Å²) in [5.41, 5.74) is 1.58. The average molecular weight is 299 g/mol. The third-order valence-corrected chi connectivity index (χ3v) is 6.32. The van der Waals surface area contributed by atoms with E-state index in [9.17, 15) is 0 Å². The minimum atomic E-state index is 0.957. The molecule has 0 aliphatic heterocycles. The molecular weight excluding hydrogens is 264 g/mol. The maximum Gasteiger partial charge on any atom is -0.0245 e. The summed E-state index contributed by atoms with van der Waals surface area (Å²) < 4.78 is 0. The van der Waals surface area contributed by atoms with Crippen LogP contribution in [0.2, 0.25) is 0 Å². The molecule has 122 valence electrons. The lowest BCUT2D eigenvalue weighted by atomic mass is 9.72. The van der Waals surface area contributed by atoms with Crippen LogP contribution in [-0.2, 0) is 6.42 Å². The predicted molar refractivity (Wildman–Crippen MR) is 96.0 cm³/mol. The summed E-state index contributed by atoms with van der Waals surface area (Å²) in [5, 5.41) is 0. The highest BCUT2D eigenvalue weighted by molar-refractivity contribution is 5.15. The largest absolute Gasteiger partial charge is 0.0622 e. The molecule has 2 aliphatic carbocycles. The second kappa shape index (κ2) is 8.75. The highest BCUT2D eigenvalue weighted by Crippen LogP contribution is 2.40. The molecule has 2 saturated carbocycles. The number of benzene rings is 1. The van der Waals surface area contributed by atoms with Gasteiger partial charge in [0, 0.05) is 0 Å². The van der Waals surface area contributed by atoms with E-state index in [-0.39, 0.29) is 0 Å². The average Bonchev–Trinajstić information content (AvgIpc) is 2.99. The van der Waals surface area contributed by atoms with Gasteiger partial charge in [0.25, 0.3) is 0 Å². The van der Waals surface area contributed by atoms with Crippen LogP contribution < -0.4 is 0 Å². The highest BCUT2D eigenvalue weighted by Gasteiger charge is 2.30. The molecule has 0 heterocycles. The quantitative estimate of drug-likeness (QED) is 0.537. The van der Waals surface area contributed by atoms with Gasteiger partial charge in [0.05, 0.1) is 0 Å². The lowest BCUT2D eigenvalue weighted by Gasteiger charge is -2.33. The van der Waals surface area contributed by atoms with E-state index >= 15 is 0 Å². The first-order valence-electron chi connectivity index (χ1n) is 9.97. The SMILES string of the molecule is c1ccc(CC(C2CCCCCC2)C2CCCCCC2)cc1. The van der Waals surface area contributed by atoms with Gasteiger partial charge in [0.15, 0.2) is 0 Å². The lowest BCUT2D eigenvalue weighted by molar-refractivity contribution is 0.186. The molecule has 0 atom stereocenters. The fraction of sp³-hybridized carbons (Fsp3) is 0.727. The van der Waals surface area contributed by atoms with E-state index in [1.165, 1.54) is 83.5 Å². The summed E-state index contributed by atoms with van der Waals surface area (Å²) in [6.07, 6.45) is 19.3. The van der Waals surface area contributed by atoms with Crippen LogP contribution in [0.25, 0.3) is 0 Å². The Balaban J connectivity index is 1.73. The monoisotopic (exact) mass is 298 g/mol. The van der Waals surface area contributed by atoms with Crippen molar-refractivity contribution in [3.05, 3.63) is 35.9 Å². The van der Waals surface area contributed by atoms with Crippen molar-refractivity contribution in [2.75, 3.05) is 0 Å². The Morgan fingerprint density at radius 2 is 1.09 bits per heavy atom. The predicted octanol–water partition coefficient (Wildman–Crippen LogP) is 6.79. The minimum Gasteiger partial charge on any atom is -0.0622 e. The topological polar surface area (TPSA) is 0 Å². The van der Waals surface area contributed by atoms with Gasteiger partial charge in [-0.2, -0.15) is 0 Å². The minimum absolute atomic E-state index is 0.957. The standard InChI is InChI=1S/C22H34/c1-2-9-15-20(14-8-1)22(18-19-12-6-5-7-13-19)21-16-10-3-4-11-17-21/h5-7,12-13,20-22H,1-4,8-11,14-18H2. The molecular formula is C22H34. The van der Waals surface area contributed by atoms with Crippen LogP contribution in [0.5, 0.6) is 0 Å². The number of hydrogen-bond acceptors (Lipinski definition) is 0. The van der Waals surface area contributed by atoms with Gasteiger partial charge in [0.1, 0.15) is 0 Å². The van der Waals surface area contributed by atoms with Crippen molar-refractivity contribution in [3.8, 4) is 0 Å². The van der Waals surface area contributed by atoms with Crippen molar-refractivity contribution in [3.63, 3.8) is 0 Å². The third-order valence-electron chi connectivity index (χ3n) is 6.32. The fourth-order valence-electron chi connectivity index (χ4n) is 5.08. The van der Waals surface area contributed by atoms with Gasteiger partial charge in [-0.15, -0.1) is 0 Å². The summed E-state index contributed by atoms with van der Waals surface area (Å²) in [5.74, 6) is 2.97. The second-order valence-corrected chi connectivity index (χ2v) is 7.86. The molecule has 2 fully saturated rings. The molecule has 2 aliphatic rings. The van der Waals surface area contributed by atoms with Crippen LogP contribution in [-0.4, -0.2) is 0 Å². The first kappa shape index (κ1) is 16.1. The molecule has 0 radical (unpaired) electrons. The van der Waals surface area contributed by atoms with Crippen molar-refractivity contribution in [2.45, 2.75) is 83.5 Å². The molecule has 0 bridgehead atoms. The molecule has 3 rings (SSSR count). The molecule has 0 spiro atoms. The zero-order valence-electron chi connectivity index (χ0n) is 14.3. The summed E-state index contributed by atoms with van der Waals surface area (Å²) in [4.78, 5) is 0. The third kappa shape index (κ3) is 4.61. The summed E-state index contributed by atoms with van der Waals surface area (Å²) in [6, 6.07) is 11.3. The van der Waals surface area contributed by atoms with Crippen LogP contribution in [0, 0.1) is 17.8 Å². The Kier molecular flexibility index (Phi) is 6.40. The van der Waals surface area contributed by atoms with E-state index in [1.807, 2.05) is 0 Å². The van der Waals surface area contributed by atoms with E-state index in [4.69, 9.17) is 0 Å². The highest BCUT2D eigenvalue weighted by atomic mass is 14.4. The summed E-state index contributed by atoms with van der Waals surface area (Å²) in [6.45, 7) is 0. The van der Waals surface area contributed by atoms with Crippen LogP contribution in [0.15, 0.2) is 30.3 Å². The molecule has 0 nitrogen and oxygen atoms in total. The maximum absolute atomic E-state index is 2.36. The number of rotatable bonds is 4. The van der Waals surface area contributed by atoms with E-state index < -0.39 is 0 Å². The second-order valence-electron chi connectivity index (χ2n) is 7.86. The van der Waals surface area contributed by atoms with Crippen LogP contribution in [0.3, 0.4) is 0 Å². The molecule has 22 heavy (non-hydrogen) atoms. The Bertz CT molecular complexity index is 371. The van der Waals surface area contributed by atoms with E-state index in [0.29, 0.717) is 0 Å². The molecule has 0 heteroatoms. The Hall–Kier alpha value is -0.780. The molecule has 0 aromatic heterocycles. The van der Waals surface area contributed by atoms with Crippen molar-refractivity contribution in [1.29, 1.82) is 0 Å². The molecule has 0 saturated heterocycles. The molecule has 0 N–H and O–H groups in total. The summed E-state index contributed by atoms with van der Waals surface area (Å²) in [7, 11) is 0. The van der Waals surface area contributed by atoms with E-state index in [2.05, 4.69) is 30.3 Å². The van der Waals surface area contributed by atoms with Crippen molar-refractivity contribution in [1.82, 2.24) is 0 Å². The molecule has 0 unspecified atom stereocenters. The molecule has 0 amide bonds. The van der Waals surface area contributed by atoms with Crippen LogP contribution in [0.1, 0.15) is 82.6 Å². The normalized spacial score (nSPS) is 22.4. The van der Waals surface area contributed by atoms with Crippen molar-refractivity contribution in [2.24, 2.45) is 17.8 Å². The smallest absolute Gasteiger partial charge is 0.0245 e. The zero-order chi connectivity index (χ0) is 15.0. The first-order chi connectivity index (χ1) is 10.9. The zero-order valence-corrected chi connectivity index (χ0v) is 14.3. The fourth-order valence-corrected chi connectivity index (χ4v) is 5.08. The lowest BCUT2D eigenvalue weighted by Crippen LogP contribution is -2.25. The van der Waals surface area contributed by atoms with Crippen molar-refractivity contribution < 1.29 is 0 Å².